The molecule has 3 heterocycles. The van der Waals surface area contributed by atoms with Crippen LogP contribution in [0, 0.1) is 17.0 Å². The van der Waals surface area contributed by atoms with Crippen LogP contribution < -0.4 is 0 Å². The van der Waals surface area contributed by atoms with Crippen molar-refractivity contribution in [3.8, 4) is 16.3 Å². The maximum absolute atomic E-state index is 11.1. The number of nitro benzene ring substituents is 1. The molecule has 5 aromatic rings. The van der Waals surface area contributed by atoms with Crippen molar-refractivity contribution in [1.29, 1.82) is 0 Å². The number of aryl methyl sites for hydroxylation is 1. The smallest absolute Gasteiger partial charge is 0.270 e. The Morgan fingerprint density at radius 3 is 2.65 bits per heavy atom. The largest absolute Gasteiger partial charge is 0.493 e. The Bertz CT molecular complexity index is 1490. The van der Waals surface area contributed by atoms with Crippen molar-refractivity contribution < 1.29 is 10.0 Å². The SMILES string of the molecule is Cc1nc(N=Nc2c(O)[nH]c3ccc([N+](=O)[O-])cc23)c2cc(-c3ccccc3)sc2n1. The Labute approximate surface area is 178 Å². The van der Waals surface area contributed by atoms with Gasteiger partial charge in [-0.25, -0.2) is 9.97 Å². The van der Waals surface area contributed by atoms with Gasteiger partial charge in [-0.1, -0.05) is 30.3 Å². The minimum Gasteiger partial charge on any atom is -0.493 e. The standard InChI is InChI=1S/C21H14N6O3S/c1-11-22-19(15-10-17(31-21(15)23-11)12-5-3-2-4-6-12)26-25-18-14-9-13(27(29)30)7-8-16(14)24-20(18)28/h2-10,24,28H,1H3. The topological polar surface area (TPSA) is 130 Å². The van der Waals surface area contributed by atoms with E-state index >= 15 is 0 Å². The van der Waals surface area contributed by atoms with E-state index in [1.165, 1.54) is 29.5 Å². The van der Waals surface area contributed by atoms with Gasteiger partial charge in [0, 0.05) is 22.4 Å². The first kappa shape index (κ1) is 18.8. The van der Waals surface area contributed by atoms with E-state index in [2.05, 4.69) is 25.2 Å². The maximum Gasteiger partial charge on any atom is 0.270 e. The molecule has 3 aromatic heterocycles. The number of azo groups is 1. The molecule has 0 saturated carbocycles. The van der Waals surface area contributed by atoms with Crippen molar-refractivity contribution in [2.24, 2.45) is 10.2 Å². The first-order valence-electron chi connectivity index (χ1n) is 9.24. The molecule has 0 atom stereocenters. The van der Waals surface area contributed by atoms with Crippen molar-refractivity contribution >= 4 is 49.6 Å². The molecule has 0 unspecified atom stereocenters. The molecule has 0 radical (unpaired) electrons. The van der Waals surface area contributed by atoms with Gasteiger partial charge in [0.2, 0.25) is 5.88 Å². The predicted molar refractivity (Wildman–Crippen MR) is 118 cm³/mol. The van der Waals surface area contributed by atoms with Crippen LogP contribution in [0.3, 0.4) is 0 Å². The minimum absolute atomic E-state index is 0.103. The fourth-order valence-corrected chi connectivity index (χ4v) is 4.37. The number of rotatable bonds is 4. The normalized spacial score (nSPS) is 11.6. The summed E-state index contributed by atoms with van der Waals surface area (Å²) in [4.78, 5) is 24.1. The summed E-state index contributed by atoms with van der Waals surface area (Å²) in [6, 6.07) is 16.1. The van der Waals surface area contributed by atoms with E-state index in [0.29, 0.717) is 22.5 Å². The second kappa shape index (κ2) is 7.26. The molecule has 2 aromatic carbocycles. The molecule has 10 heteroatoms. The first-order valence-corrected chi connectivity index (χ1v) is 10.1. The Morgan fingerprint density at radius 2 is 1.87 bits per heavy atom. The third-order valence-electron chi connectivity index (χ3n) is 4.73. The quantitative estimate of drug-likeness (QED) is 0.200. The van der Waals surface area contributed by atoms with Crippen LogP contribution in [0.15, 0.2) is 64.8 Å². The lowest BCUT2D eigenvalue weighted by molar-refractivity contribution is -0.384. The lowest BCUT2D eigenvalue weighted by Crippen LogP contribution is -1.86. The molecular formula is C21H14N6O3S. The van der Waals surface area contributed by atoms with Gasteiger partial charge in [-0.05, 0) is 24.6 Å². The summed E-state index contributed by atoms with van der Waals surface area (Å²) in [5.41, 5.74) is 1.59. The first-order chi connectivity index (χ1) is 15.0. The number of aromatic nitrogens is 3. The van der Waals surface area contributed by atoms with Crippen molar-refractivity contribution in [1.82, 2.24) is 15.0 Å². The predicted octanol–water partition coefficient (Wildman–Crippen LogP) is 6.18. The second-order valence-corrected chi connectivity index (χ2v) is 7.83. The van der Waals surface area contributed by atoms with Crippen molar-refractivity contribution in [2.75, 3.05) is 0 Å². The Balaban J connectivity index is 1.62. The van der Waals surface area contributed by atoms with Crippen LogP contribution in [0.2, 0.25) is 0 Å². The highest BCUT2D eigenvalue weighted by atomic mass is 32.1. The molecule has 5 rings (SSSR count). The Hall–Kier alpha value is -4.18. The lowest BCUT2D eigenvalue weighted by atomic mass is 10.2. The van der Waals surface area contributed by atoms with E-state index in [1.54, 1.807) is 6.92 Å². The summed E-state index contributed by atoms with van der Waals surface area (Å²) in [7, 11) is 0. The number of nitrogens with zero attached hydrogens (tertiary/aromatic N) is 5. The number of aromatic amines is 1. The van der Waals surface area contributed by atoms with Gasteiger partial charge in [0.25, 0.3) is 5.69 Å². The van der Waals surface area contributed by atoms with Crippen molar-refractivity contribution in [2.45, 2.75) is 6.92 Å². The van der Waals surface area contributed by atoms with Gasteiger partial charge >= 0.3 is 0 Å². The number of hydrogen-bond donors (Lipinski definition) is 2. The van der Waals surface area contributed by atoms with E-state index < -0.39 is 4.92 Å². The molecule has 0 saturated heterocycles. The number of aromatic hydroxyl groups is 1. The van der Waals surface area contributed by atoms with E-state index in [1.807, 2.05) is 36.4 Å². The van der Waals surface area contributed by atoms with E-state index in [4.69, 9.17) is 0 Å². The van der Waals surface area contributed by atoms with E-state index in [9.17, 15) is 15.2 Å². The van der Waals surface area contributed by atoms with E-state index in [-0.39, 0.29) is 17.3 Å². The number of hydrogen-bond acceptors (Lipinski definition) is 8. The fraction of sp³-hybridized carbons (Fsp3) is 0.0476. The molecule has 0 aliphatic rings. The number of non-ortho nitro benzene ring substituents is 1. The highest BCUT2D eigenvalue weighted by molar-refractivity contribution is 7.21. The van der Waals surface area contributed by atoms with Gasteiger partial charge in [-0.3, -0.25) is 10.1 Å². The zero-order valence-corrected chi connectivity index (χ0v) is 16.9. The van der Waals surface area contributed by atoms with Gasteiger partial charge in [-0.15, -0.1) is 21.6 Å². The molecule has 9 nitrogen and oxygen atoms in total. The van der Waals surface area contributed by atoms with Gasteiger partial charge in [0.1, 0.15) is 10.7 Å². The molecule has 0 amide bonds. The highest BCUT2D eigenvalue weighted by Gasteiger charge is 2.16. The van der Waals surface area contributed by atoms with Crippen LogP contribution in [0.5, 0.6) is 5.88 Å². The van der Waals surface area contributed by atoms with Crippen LogP contribution in [-0.2, 0) is 0 Å². The Kier molecular flexibility index (Phi) is 4.41. The molecule has 0 aliphatic carbocycles. The zero-order chi connectivity index (χ0) is 21.5. The third kappa shape index (κ3) is 3.38. The molecule has 0 aliphatic heterocycles. The minimum atomic E-state index is -0.502. The second-order valence-electron chi connectivity index (χ2n) is 6.80. The van der Waals surface area contributed by atoms with Gasteiger partial charge in [0.05, 0.1) is 15.8 Å². The van der Waals surface area contributed by atoms with Gasteiger partial charge in [0.15, 0.2) is 11.5 Å². The highest BCUT2D eigenvalue weighted by Crippen LogP contribution is 2.40. The van der Waals surface area contributed by atoms with Crippen LogP contribution >= 0.6 is 11.3 Å². The van der Waals surface area contributed by atoms with Crippen molar-refractivity contribution in [3.63, 3.8) is 0 Å². The number of benzene rings is 2. The summed E-state index contributed by atoms with van der Waals surface area (Å²) in [6.45, 7) is 1.77. The molecule has 31 heavy (non-hydrogen) atoms. The third-order valence-corrected chi connectivity index (χ3v) is 5.81. The van der Waals surface area contributed by atoms with Crippen LogP contribution in [0.4, 0.5) is 17.2 Å². The molecule has 2 N–H and O–H groups in total. The molecule has 0 fully saturated rings. The number of nitrogens with one attached hydrogen (secondary N) is 1. The Morgan fingerprint density at radius 1 is 1.06 bits per heavy atom. The number of fused-ring (bicyclic) bond motifs is 2. The summed E-state index contributed by atoms with van der Waals surface area (Å²) in [5.74, 6) is 0.679. The molecular weight excluding hydrogens is 416 g/mol. The zero-order valence-electron chi connectivity index (χ0n) is 16.1. The van der Waals surface area contributed by atoms with Gasteiger partial charge < -0.3 is 10.1 Å². The fourth-order valence-electron chi connectivity index (χ4n) is 3.29. The monoisotopic (exact) mass is 430 g/mol. The van der Waals surface area contributed by atoms with Gasteiger partial charge in [-0.2, -0.15) is 0 Å². The summed E-state index contributed by atoms with van der Waals surface area (Å²) in [6.07, 6.45) is 0. The molecule has 152 valence electrons. The summed E-state index contributed by atoms with van der Waals surface area (Å²) in [5, 5.41) is 30.9. The average Bonchev–Trinajstić information content (AvgIpc) is 3.32. The van der Waals surface area contributed by atoms with Crippen LogP contribution in [0.25, 0.3) is 31.6 Å². The maximum atomic E-state index is 11.1. The number of H-pyrrole nitrogens is 1. The lowest BCUT2D eigenvalue weighted by Gasteiger charge is -1.97. The number of thiophene rings is 1. The molecule has 0 bridgehead atoms. The van der Waals surface area contributed by atoms with Crippen LogP contribution in [0.1, 0.15) is 5.82 Å². The summed E-state index contributed by atoms with van der Waals surface area (Å²) < 4.78 is 0. The summed E-state index contributed by atoms with van der Waals surface area (Å²) >= 11 is 1.53. The van der Waals surface area contributed by atoms with Crippen molar-refractivity contribution in [3.05, 3.63) is 70.5 Å². The van der Waals surface area contributed by atoms with E-state index in [0.717, 1.165) is 20.7 Å². The average molecular weight is 430 g/mol. The van der Waals surface area contributed by atoms with Crippen LogP contribution in [-0.4, -0.2) is 25.0 Å². The molecule has 0 spiro atoms. The number of nitro groups is 1.